The number of likely N-dealkylation sites (tertiary alicyclic amines) is 1. The van der Waals surface area contributed by atoms with Gasteiger partial charge in [-0.3, -0.25) is 14.4 Å². The number of nitrogens with zero attached hydrogens (tertiary/aromatic N) is 2. The highest BCUT2D eigenvalue weighted by Gasteiger charge is 2.36. The largest absolute Gasteiger partial charge is 0.481 e. The molecule has 1 aromatic carbocycles. The second kappa shape index (κ2) is 13.1. The first-order chi connectivity index (χ1) is 17.6. The zero-order chi connectivity index (χ0) is 27.0. The minimum absolute atomic E-state index is 0.00549. The van der Waals surface area contributed by atoms with Crippen molar-refractivity contribution in [3.05, 3.63) is 41.0 Å². The number of hydrogen-bond donors (Lipinski definition) is 2. The van der Waals surface area contributed by atoms with E-state index in [1.807, 2.05) is 43.6 Å². The molecule has 1 aromatic heterocycles. The van der Waals surface area contributed by atoms with Crippen molar-refractivity contribution in [2.24, 2.45) is 11.3 Å². The Balaban J connectivity index is 1.47. The smallest absolute Gasteiger partial charge is 0.305 e. The minimum Gasteiger partial charge on any atom is -0.481 e. The third-order valence-corrected chi connectivity index (χ3v) is 7.68. The molecule has 1 aliphatic heterocycles. The molecule has 0 bridgehead atoms. The number of benzene rings is 1. The average Bonchev–Trinajstić information content (AvgIpc) is 3.49. The molecule has 2 atom stereocenters. The molecule has 2 unspecified atom stereocenters. The van der Waals surface area contributed by atoms with E-state index in [9.17, 15) is 14.4 Å². The Morgan fingerprint density at radius 3 is 2.65 bits per heavy atom. The summed E-state index contributed by atoms with van der Waals surface area (Å²) in [7, 11) is 0. The number of aromatic nitrogens is 1. The molecule has 3 rings (SSSR count). The maximum Gasteiger partial charge on any atom is 0.305 e. The normalized spacial score (nSPS) is 16.5. The van der Waals surface area contributed by atoms with E-state index in [1.165, 1.54) is 0 Å². The third kappa shape index (κ3) is 8.64. The van der Waals surface area contributed by atoms with Gasteiger partial charge in [-0.25, -0.2) is 4.98 Å². The van der Waals surface area contributed by atoms with E-state index in [0.717, 1.165) is 34.5 Å². The number of carbonyl (C=O) groups is 3. The van der Waals surface area contributed by atoms with Crippen LogP contribution in [0.25, 0.3) is 10.4 Å². The Labute approximate surface area is 223 Å². The number of amides is 2. The fourth-order valence-electron chi connectivity index (χ4n) is 5.03. The van der Waals surface area contributed by atoms with Gasteiger partial charge in [0.1, 0.15) is 6.04 Å². The van der Waals surface area contributed by atoms with Crippen LogP contribution in [-0.2, 0) is 25.7 Å². The molecule has 0 spiro atoms. The second-order valence-corrected chi connectivity index (χ2v) is 11.7. The monoisotopic (exact) mass is 529 g/mol. The van der Waals surface area contributed by atoms with Crippen molar-refractivity contribution in [3.8, 4) is 10.4 Å². The van der Waals surface area contributed by atoms with Crippen LogP contribution in [-0.4, -0.2) is 58.6 Å². The lowest BCUT2D eigenvalue weighted by Gasteiger charge is -2.31. The molecular weight excluding hydrogens is 490 g/mol. The van der Waals surface area contributed by atoms with Crippen LogP contribution < -0.4 is 5.32 Å². The summed E-state index contributed by atoms with van der Waals surface area (Å²) in [6.07, 6.45) is 2.61. The lowest BCUT2D eigenvalue weighted by Crippen LogP contribution is -2.46. The van der Waals surface area contributed by atoms with Crippen LogP contribution in [0.3, 0.4) is 0 Å². The summed E-state index contributed by atoms with van der Waals surface area (Å²) in [4.78, 5) is 44.0. The van der Waals surface area contributed by atoms with E-state index < -0.39 is 12.0 Å². The molecule has 0 aliphatic carbocycles. The molecule has 2 amide bonds. The van der Waals surface area contributed by atoms with Gasteiger partial charge in [-0.2, -0.15) is 0 Å². The zero-order valence-electron chi connectivity index (χ0n) is 22.3. The summed E-state index contributed by atoms with van der Waals surface area (Å²) in [5.74, 6) is -0.777. The highest BCUT2D eigenvalue weighted by Crippen LogP contribution is 2.32. The van der Waals surface area contributed by atoms with Gasteiger partial charge in [-0.05, 0) is 48.6 Å². The highest BCUT2D eigenvalue weighted by atomic mass is 32.1. The van der Waals surface area contributed by atoms with Gasteiger partial charge < -0.3 is 20.1 Å². The van der Waals surface area contributed by atoms with Crippen molar-refractivity contribution in [1.82, 2.24) is 15.2 Å². The molecule has 0 saturated carbocycles. The fraction of sp³-hybridized carbons (Fsp3) is 0.571. The first-order valence-corrected chi connectivity index (χ1v) is 13.8. The fourth-order valence-corrected chi connectivity index (χ4v) is 5.84. The van der Waals surface area contributed by atoms with E-state index in [1.54, 1.807) is 16.2 Å². The number of aliphatic carboxylic acids is 1. The third-order valence-electron chi connectivity index (χ3n) is 6.70. The van der Waals surface area contributed by atoms with Crippen molar-refractivity contribution >= 4 is 29.1 Å². The van der Waals surface area contributed by atoms with Crippen molar-refractivity contribution in [1.29, 1.82) is 0 Å². The summed E-state index contributed by atoms with van der Waals surface area (Å²) in [5.41, 5.74) is 4.73. The molecule has 0 radical (unpaired) electrons. The zero-order valence-corrected chi connectivity index (χ0v) is 23.1. The molecule has 1 saturated heterocycles. The Kier molecular flexibility index (Phi) is 10.2. The first kappa shape index (κ1) is 28.8. The standard InChI is InChI=1S/C28H39N3O5S/c1-19(17-36-13-11-25(33)34)14-28(3,4)15-24(32)31-12-5-6-23(31)27(35)29-16-21-7-9-22(10-8-21)26-20(2)30-18-37-26/h7-10,18-19,23H,5-6,11-17H2,1-4H3,(H,29,35)(H,33,34). The van der Waals surface area contributed by atoms with Gasteiger partial charge in [0, 0.05) is 26.1 Å². The molecular formula is C28H39N3O5S. The van der Waals surface area contributed by atoms with Crippen LogP contribution >= 0.6 is 11.3 Å². The number of carboxylic acid groups (broad SMARTS) is 1. The van der Waals surface area contributed by atoms with Crippen LogP contribution in [0.2, 0.25) is 0 Å². The number of thiazole rings is 1. The van der Waals surface area contributed by atoms with Crippen molar-refractivity contribution < 1.29 is 24.2 Å². The van der Waals surface area contributed by atoms with Gasteiger partial charge in [0.25, 0.3) is 0 Å². The van der Waals surface area contributed by atoms with Gasteiger partial charge in [0.05, 0.1) is 29.1 Å². The van der Waals surface area contributed by atoms with Crippen molar-refractivity contribution in [2.45, 2.75) is 72.4 Å². The number of aryl methyl sites for hydroxylation is 1. The number of carboxylic acids is 1. The molecule has 37 heavy (non-hydrogen) atoms. The maximum absolute atomic E-state index is 13.2. The molecule has 2 aromatic rings. The van der Waals surface area contributed by atoms with Crippen LogP contribution in [0.4, 0.5) is 0 Å². The Hall–Kier alpha value is -2.78. The molecule has 202 valence electrons. The molecule has 1 fully saturated rings. The van der Waals surface area contributed by atoms with E-state index in [2.05, 4.69) is 24.1 Å². The quantitative estimate of drug-likeness (QED) is 0.365. The van der Waals surface area contributed by atoms with Crippen molar-refractivity contribution in [2.75, 3.05) is 19.8 Å². The topological polar surface area (TPSA) is 109 Å². The predicted molar refractivity (Wildman–Crippen MR) is 144 cm³/mol. The van der Waals surface area contributed by atoms with Crippen LogP contribution in [0, 0.1) is 18.3 Å². The number of hydrogen-bond acceptors (Lipinski definition) is 6. The molecule has 8 nitrogen and oxygen atoms in total. The van der Waals surface area contributed by atoms with E-state index >= 15 is 0 Å². The molecule has 2 N–H and O–H groups in total. The molecule has 2 heterocycles. The lowest BCUT2D eigenvalue weighted by molar-refractivity contribution is -0.140. The molecule has 9 heteroatoms. The highest BCUT2D eigenvalue weighted by molar-refractivity contribution is 7.13. The molecule has 1 aliphatic rings. The lowest BCUT2D eigenvalue weighted by atomic mass is 9.80. The summed E-state index contributed by atoms with van der Waals surface area (Å²) >= 11 is 1.61. The predicted octanol–water partition coefficient (Wildman–Crippen LogP) is 4.66. The van der Waals surface area contributed by atoms with Crippen LogP contribution in [0.15, 0.2) is 29.8 Å². The Morgan fingerprint density at radius 1 is 1.27 bits per heavy atom. The number of carbonyl (C=O) groups excluding carboxylic acids is 2. The maximum atomic E-state index is 13.2. The van der Waals surface area contributed by atoms with E-state index in [-0.39, 0.29) is 36.2 Å². The summed E-state index contributed by atoms with van der Waals surface area (Å²) < 4.78 is 5.47. The van der Waals surface area contributed by atoms with Crippen LogP contribution in [0.5, 0.6) is 0 Å². The van der Waals surface area contributed by atoms with Gasteiger partial charge in [-0.1, -0.05) is 45.0 Å². The summed E-state index contributed by atoms with van der Waals surface area (Å²) in [6.45, 7) is 9.83. The average molecular weight is 530 g/mol. The van der Waals surface area contributed by atoms with Gasteiger partial charge in [0.2, 0.25) is 11.8 Å². The van der Waals surface area contributed by atoms with E-state index in [4.69, 9.17) is 9.84 Å². The first-order valence-electron chi connectivity index (χ1n) is 12.9. The Bertz CT molecular complexity index is 1070. The summed E-state index contributed by atoms with van der Waals surface area (Å²) in [5, 5.41) is 11.7. The number of rotatable bonds is 13. The number of ether oxygens (including phenoxy) is 1. The van der Waals surface area contributed by atoms with Gasteiger partial charge >= 0.3 is 5.97 Å². The minimum atomic E-state index is -0.873. The van der Waals surface area contributed by atoms with Crippen molar-refractivity contribution in [3.63, 3.8) is 0 Å². The van der Waals surface area contributed by atoms with Crippen LogP contribution in [0.1, 0.15) is 64.1 Å². The van der Waals surface area contributed by atoms with Gasteiger partial charge in [-0.15, -0.1) is 11.3 Å². The summed E-state index contributed by atoms with van der Waals surface area (Å²) in [6, 6.07) is 7.70. The van der Waals surface area contributed by atoms with E-state index in [0.29, 0.717) is 32.5 Å². The van der Waals surface area contributed by atoms with Gasteiger partial charge in [0.15, 0.2) is 0 Å². The number of nitrogens with one attached hydrogen (secondary N) is 1. The Morgan fingerprint density at radius 2 is 2.00 bits per heavy atom. The second-order valence-electron chi connectivity index (χ2n) is 10.8. The SMILES string of the molecule is Cc1ncsc1-c1ccc(CNC(=O)C2CCCN2C(=O)CC(C)(C)CC(C)COCCC(=O)O)cc1.